The lowest BCUT2D eigenvalue weighted by molar-refractivity contribution is 0.659. The highest BCUT2D eigenvalue weighted by Gasteiger charge is 2.40. The van der Waals surface area contributed by atoms with Crippen LogP contribution in [0, 0.1) is 0 Å². The summed E-state index contributed by atoms with van der Waals surface area (Å²) in [5.74, 6) is 0. The van der Waals surface area contributed by atoms with Crippen LogP contribution >= 0.6 is 0 Å². The Hall–Kier alpha value is -9.62. The Kier molecular flexibility index (Phi) is 9.25. The van der Waals surface area contributed by atoms with Crippen molar-refractivity contribution in [1.29, 1.82) is 0 Å². The van der Waals surface area contributed by atoms with Crippen LogP contribution in [0.3, 0.4) is 0 Å². The summed E-state index contributed by atoms with van der Waals surface area (Å²) in [6, 6.07) is 93.4. The van der Waals surface area contributed by atoms with E-state index in [1.165, 1.54) is 187 Å². The van der Waals surface area contributed by atoms with Crippen molar-refractivity contribution < 1.29 is 0 Å². The van der Waals surface area contributed by atoms with Crippen LogP contribution in [0.25, 0.3) is 154 Å². The summed E-state index contributed by atoms with van der Waals surface area (Å²) in [7, 11) is 0. The molecule has 0 atom stereocenters. The van der Waals surface area contributed by atoms with Gasteiger partial charge in [0.25, 0.3) is 0 Å². The van der Waals surface area contributed by atoms with Crippen LogP contribution in [0.1, 0.15) is 74.9 Å². The van der Waals surface area contributed by atoms with Gasteiger partial charge in [-0.1, -0.05) is 248 Å². The Morgan fingerprint density at radius 2 is 0.410 bits per heavy atom. The summed E-state index contributed by atoms with van der Waals surface area (Å²) in [6.45, 7) is 14.5. The molecule has 0 N–H and O–H groups in total. The molecule has 0 heterocycles. The molecule has 0 amide bonds. The van der Waals surface area contributed by atoms with Gasteiger partial charge >= 0.3 is 0 Å². The highest BCUT2D eigenvalue weighted by atomic mass is 14.4. The van der Waals surface area contributed by atoms with Crippen molar-refractivity contribution >= 4 is 64.6 Å². The van der Waals surface area contributed by atoms with Crippen molar-refractivity contribution in [2.45, 2.75) is 57.8 Å². The largest absolute Gasteiger partial charge is 0.0610 e. The minimum Gasteiger partial charge on any atom is -0.0610 e. The van der Waals surface area contributed by atoms with E-state index >= 15 is 0 Å². The fraction of sp³-hybridized carbons (Fsp3) is 0.108. The van der Waals surface area contributed by atoms with Gasteiger partial charge in [0, 0.05) is 16.2 Å². The van der Waals surface area contributed by atoms with Gasteiger partial charge in [0.15, 0.2) is 0 Å². The van der Waals surface area contributed by atoms with Crippen molar-refractivity contribution in [3.63, 3.8) is 0 Å². The Morgan fingerprint density at radius 3 is 0.759 bits per heavy atom. The molecule has 0 heteroatoms. The zero-order chi connectivity index (χ0) is 55.4. The molecule has 3 aliphatic carbocycles. The van der Waals surface area contributed by atoms with E-state index in [1.54, 1.807) is 0 Å². The summed E-state index contributed by atoms with van der Waals surface area (Å²) in [6.07, 6.45) is 0. The summed E-state index contributed by atoms with van der Waals surface area (Å²) in [5, 5.41) is 15.9. The smallest absolute Gasteiger partial charge is 0.0159 e. The zero-order valence-corrected chi connectivity index (χ0v) is 47.6. The third-order valence-electron chi connectivity index (χ3n) is 20.6. The molecule has 0 radical (unpaired) electrons. The lowest BCUT2D eigenvalue weighted by Crippen LogP contribution is -2.16. The fourth-order valence-electron chi connectivity index (χ4n) is 16.1. The van der Waals surface area contributed by atoms with Gasteiger partial charge < -0.3 is 0 Å². The van der Waals surface area contributed by atoms with Crippen molar-refractivity contribution in [2.75, 3.05) is 0 Å². The van der Waals surface area contributed by atoms with Gasteiger partial charge in [0.2, 0.25) is 0 Å². The summed E-state index contributed by atoms with van der Waals surface area (Å²) < 4.78 is 0. The van der Waals surface area contributed by atoms with Gasteiger partial charge in [-0.2, -0.15) is 0 Å². The molecule has 0 spiro atoms. The number of hydrogen-bond donors (Lipinski definition) is 0. The van der Waals surface area contributed by atoms with Crippen LogP contribution in [-0.2, 0) is 16.2 Å². The van der Waals surface area contributed by atoms with Crippen molar-refractivity contribution in [2.24, 2.45) is 0 Å². The molecule has 0 fully saturated rings. The van der Waals surface area contributed by atoms with Gasteiger partial charge in [0.05, 0.1) is 0 Å². The molecule has 0 aliphatic heterocycles. The minimum atomic E-state index is -0.173. The first-order valence-corrected chi connectivity index (χ1v) is 29.7. The van der Waals surface area contributed by atoms with E-state index in [9.17, 15) is 0 Å². The molecule has 390 valence electrons. The quantitative estimate of drug-likeness (QED) is 0.151. The molecule has 0 bridgehead atoms. The first kappa shape index (κ1) is 47.1. The van der Waals surface area contributed by atoms with Crippen LogP contribution in [0.2, 0.25) is 0 Å². The van der Waals surface area contributed by atoms with E-state index < -0.39 is 0 Å². The molecular weight excluding hydrogens is 997 g/mol. The monoisotopic (exact) mass is 1050 g/mol. The van der Waals surface area contributed by atoms with Gasteiger partial charge in [-0.05, 0) is 223 Å². The second-order valence-corrected chi connectivity index (χ2v) is 26.0. The Labute approximate surface area is 484 Å². The molecular formula is C83H58. The van der Waals surface area contributed by atoms with Crippen molar-refractivity contribution in [1.82, 2.24) is 0 Å². The van der Waals surface area contributed by atoms with Gasteiger partial charge in [-0.25, -0.2) is 0 Å². The second kappa shape index (κ2) is 16.3. The molecule has 0 unspecified atom stereocenters. The van der Waals surface area contributed by atoms with Gasteiger partial charge in [0.1, 0.15) is 0 Å². The minimum absolute atomic E-state index is 0.161. The normalized spacial score (nSPS) is 14.9. The topological polar surface area (TPSA) is 0 Å². The zero-order valence-electron chi connectivity index (χ0n) is 47.6. The summed E-state index contributed by atoms with van der Waals surface area (Å²) >= 11 is 0. The second-order valence-electron chi connectivity index (χ2n) is 26.0. The lowest BCUT2D eigenvalue weighted by atomic mass is 9.79. The molecule has 0 saturated heterocycles. The predicted octanol–water partition coefficient (Wildman–Crippen LogP) is 22.7. The maximum atomic E-state index is 2.49. The van der Waals surface area contributed by atoms with Crippen LogP contribution in [0.5, 0.6) is 0 Å². The molecule has 0 aromatic heterocycles. The molecule has 18 rings (SSSR count). The molecule has 15 aromatic rings. The third-order valence-corrected chi connectivity index (χ3v) is 20.6. The van der Waals surface area contributed by atoms with E-state index in [1.807, 2.05) is 0 Å². The van der Waals surface area contributed by atoms with Crippen LogP contribution in [0.15, 0.2) is 243 Å². The fourth-order valence-corrected chi connectivity index (χ4v) is 16.1. The first-order valence-electron chi connectivity index (χ1n) is 29.7. The van der Waals surface area contributed by atoms with Crippen LogP contribution in [-0.4, -0.2) is 0 Å². The summed E-state index contributed by atoms with van der Waals surface area (Å²) in [5.41, 5.74) is 28.6. The van der Waals surface area contributed by atoms with Crippen molar-refractivity contribution in [3.05, 3.63) is 276 Å². The number of hydrogen-bond acceptors (Lipinski definition) is 0. The highest BCUT2D eigenvalue weighted by molar-refractivity contribution is 6.27. The van der Waals surface area contributed by atoms with Gasteiger partial charge in [-0.15, -0.1) is 0 Å². The van der Waals surface area contributed by atoms with Crippen LogP contribution < -0.4 is 0 Å². The molecule has 3 aliphatic rings. The molecule has 0 nitrogen and oxygen atoms in total. The number of fused-ring (bicyclic) bond motifs is 9. The Bertz CT molecular complexity index is 5300. The van der Waals surface area contributed by atoms with E-state index in [-0.39, 0.29) is 16.2 Å². The third kappa shape index (κ3) is 6.42. The lowest BCUT2D eigenvalue weighted by Gasteiger charge is -2.24. The van der Waals surface area contributed by atoms with Crippen molar-refractivity contribution in [3.8, 4) is 89.0 Å². The van der Waals surface area contributed by atoms with E-state index in [0.717, 1.165) is 0 Å². The average Bonchev–Trinajstić information content (AvgIpc) is 2.12. The van der Waals surface area contributed by atoms with E-state index in [0.29, 0.717) is 0 Å². The molecule has 83 heavy (non-hydrogen) atoms. The number of benzene rings is 15. The van der Waals surface area contributed by atoms with E-state index in [4.69, 9.17) is 0 Å². The van der Waals surface area contributed by atoms with E-state index in [2.05, 4.69) is 284 Å². The SMILES string of the molecule is CC1(C)c2cc(-c3ccc(-c4ccc5ccc6cccc7ccc4c5c67)cc3)ccc2-c2ccc(-c3ccc4c(c3)C(C)(C)c3cc(-c5ccc6c(c5)C(C)(C)c5cc(-c7ccc8ccc9cccc%10ccc7c8c9%10)ccc5-6)ccc3-4)cc21. The predicted molar refractivity (Wildman–Crippen MR) is 354 cm³/mol. The maximum Gasteiger partial charge on any atom is 0.0159 e. The first-order chi connectivity index (χ1) is 40.4. The summed E-state index contributed by atoms with van der Waals surface area (Å²) in [4.78, 5) is 0. The molecule has 0 saturated carbocycles. The van der Waals surface area contributed by atoms with Crippen LogP contribution in [0.4, 0.5) is 0 Å². The Morgan fingerprint density at radius 1 is 0.181 bits per heavy atom. The standard InChI is InChI=1S/C83H58/c1-81(2)71-41-55(47-13-15-48(16-14-47)61-31-21-53-19-17-49-9-7-11-51-23-39-69(61)79(53)77(49)51)25-33-63(71)64-34-26-56(42-72(64)81)57-27-35-65-66-36-28-58(44-74(66)82(3,4)73(65)43-57)59-29-37-67-68-38-30-60(46-76(68)83(5,6)75(67)45-59)62-32-22-54-20-18-50-10-8-12-52-24-40-70(62)80(54)78(50)52/h7-46H,1-6H3. The Balaban J connectivity index is 0.623. The van der Waals surface area contributed by atoms with Gasteiger partial charge in [-0.3, -0.25) is 0 Å². The number of rotatable bonds is 5. The molecule has 15 aromatic carbocycles. The average molecular weight is 1060 g/mol. The maximum absolute atomic E-state index is 2.49. The highest BCUT2D eigenvalue weighted by Crippen LogP contribution is 2.56.